The Morgan fingerprint density at radius 3 is 2.80 bits per heavy atom. The average Bonchev–Trinajstić information content (AvgIpc) is 3.48. The number of hydrogen-bond donors (Lipinski definition) is 4. The van der Waals surface area contributed by atoms with Crippen LogP contribution in [0.5, 0.6) is 0 Å². The Kier molecular flexibility index (Phi) is 5.57. The predicted octanol–water partition coefficient (Wildman–Crippen LogP) is 1.94. The van der Waals surface area contributed by atoms with Gasteiger partial charge in [-0.15, -0.1) is 0 Å². The van der Waals surface area contributed by atoms with Crippen LogP contribution in [0.2, 0.25) is 0 Å². The fourth-order valence-electron chi connectivity index (χ4n) is 4.25. The van der Waals surface area contributed by atoms with Crippen molar-refractivity contribution in [2.75, 3.05) is 24.1 Å². The van der Waals surface area contributed by atoms with Crippen molar-refractivity contribution in [2.24, 2.45) is 11.3 Å². The lowest BCUT2D eigenvalue weighted by atomic mass is 9.73. The molecule has 1 saturated heterocycles. The number of anilines is 3. The molecule has 9 heteroatoms. The number of carbonyl (C=O) groups is 1. The first-order valence-corrected chi connectivity index (χ1v) is 10.3. The van der Waals surface area contributed by atoms with Gasteiger partial charge in [0.25, 0.3) is 0 Å². The molecule has 0 spiro atoms. The second kappa shape index (κ2) is 8.16. The fraction of sp³-hybridized carbons (Fsp3) is 0.524. The highest BCUT2D eigenvalue weighted by Gasteiger charge is 2.51. The van der Waals surface area contributed by atoms with Gasteiger partial charge < -0.3 is 21.3 Å². The number of aromatic nitrogens is 3. The average molecular weight is 412 g/mol. The zero-order valence-corrected chi connectivity index (χ0v) is 17.1. The van der Waals surface area contributed by atoms with Gasteiger partial charge in [-0.25, -0.2) is 0 Å². The summed E-state index contributed by atoms with van der Waals surface area (Å²) in [5, 5.41) is 23.6. The lowest BCUT2D eigenvalue weighted by Crippen LogP contribution is -2.56. The number of carboxylic acid groups (broad SMARTS) is 1. The Hall–Kier alpha value is -2.78. The maximum atomic E-state index is 12.1. The van der Waals surface area contributed by atoms with E-state index in [1.807, 2.05) is 36.1 Å². The first-order chi connectivity index (χ1) is 14.3. The fourth-order valence-corrected chi connectivity index (χ4v) is 4.25. The molecule has 2 fully saturated rings. The molecule has 1 unspecified atom stereocenters. The SMILES string of the molecule is Cc1cccc(Nc2nc(N)nc(CN3CCC(O)[C@@](CC4CC4)(C(=O)O)C3)n2)c1. The van der Waals surface area contributed by atoms with Crippen LogP contribution in [0.1, 0.15) is 37.1 Å². The van der Waals surface area contributed by atoms with Crippen LogP contribution in [0, 0.1) is 18.3 Å². The van der Waals surface area contributed by atoms with E-state index in [2.05, 4.69) is 20.3 Å². The summed E-state index contributed by atoms with van der Waals surface area (Å²) in [6.45, 7) is 3.19. The van der Waals surface area contributed by atoms with Gasteiger partial charge in [-0.3, -0.25) is 9.69 Å². The largest absolute Gasteiger partial charge is 0.481 e. The van der Waals surface area contributed by atoms with Gasteiger partial charge in [0.2, 0.25) is 11.9 Å². The third-order valence-electron chi connectivity index (χ3n) is 5.98. The minimum atomic E-state index is -1.14. The lowest BCUT2D eigenvalue weighted by molar-refractivity contribution is -0.165. The van der Waals surface area contributed by atoms with Crippen LogP contribution in [0.4, 0.5) is 17.6 Å². The van der Waals surface area contributed by atoms with E-state index in [0.29, 0.717) is 43.6 Å². The van der Waals surface area contributed by atoms with Crippen molar-refractivity contribution in [3.05, 3.63) is 35.7 Å². The number of nitrogens with two attached hydrogens (primary N) is 1. The van der Waals surface area contributed by atoms with E-state index in [9.17, 15) is 15.0 Å². The Morgan fingerprint density at radius 1 is 1.30 bits per heavy atom. The van der Waals surface area contributed by atoms with Crippen molar-refractivity contribution in [3.8, 4) is 0 Å². The van der Waals surface area contributed by atoms with E-state index in [1.165, 1.54) is 0 Å². The van der Waals surface area contributed by atoms with E-state index >= 15 is 0 Å². The number of piperidine rings is 1. The Balaban J connectivity index is 1.50. The van der Waals surface area contributed by atoms with Crippen molar-refractivity contribution < 1.29 is 15.0 Å². The predicted molar refractivity (Wildman–Crippen MR) is 112 cm³/mol. The van der Waals surface area contributed by atoms with Gasteiger partial charge in [-0.2, -0.15) is 15.0 Å². The lowest BCUT2D eigenvalue weighted by Gasteiger charge is -2.43. The highest BCUT2D eigenvalue weighted by atomic mass is 16.4. The molecule has 0 bridgehead atoms. The molecule has 1 aromatic carbocycles. The second-order valence-corrected chi connectivity index (χ2v) is 8.55. The number of nitrogens with one attached hydrogen (secondary N) is 1. The molecule has 2 aliphatic rings. The smallest absolute Gasteiger partial charge is 0.313 e. The molecule has 0 radical (unpaired) electrons. The van der Waals surface area contributed by atoms with Crippen LogP contribution < -0.4 is 11.1 Å². The minimum absolute atomic E-state index is 0.106. The number of aliphatic hydroxyl groups is 1. The standard InChI is InChI=1S/C21H28N6O3/c1-13-3-2-4-15(9-13)23-20-25-17(24-19(22)26-20)11-27-8-7-16(28)21(12-27,18(29)30)10-14-5-6-14/h2-4,9,14,16,28H,5-8,10-12H2,1H3,(H,29,30)(H3,22,23,24,25,26)/t16?,21-/m0/s1. The third kappa shape index (κ3) is 4.52. The second-order valence-electron chi connectivity index (χ2n) is 8.55. The number of likely N-dealkylation sites (tertiary alicyclic amines) is 1. The molecule has 1 aliphatic heterocycles. The molecule has 1 saturated carbocycles. The Bertz CT molecular complexity index is 935. The summed E-state index contributed by atoms with van der Waals surface area (Å²) in [7, 11) is 0. The molecule has 2 heterocycles. The third-order valence-corrected chi connectivity index (χ3v) is 5.98. The first kappa shape index (κ1) is 20.5. The summed E-state index contributed by atoms with van der Waals surface area (Å²) < 4.78 is 0. The van der Waals surface area contributed by atoms with Gasteiger partial charge in [-0.1, -0.05) is 25.0 Å². The molecule has 160 valence electrons. The van der Waals surface area contributed by atoms with E-state index in [0.717, 1.165) is 24.1 Å². The minimum Gasteiger partial charge on any atom is -0.481 e. The van der Waals surface area contributed by atoms with Crippen LogP contribution in [0.15, 0.2) is 24.3 Å². The summed E-state index contributed by atoms with van der Waals surface area (Å²) >= 11 is 0. The normalized spacial score (nSPS) is 24.5. The Labute approximate surface area is 175 Å². The van der Waals surface area contributed by atoms with Crippen molar-refractivity contribution in [2.45, 2.75) is 45.3 Å². The molecule has 2 atom stereocenters. The van der Waals surface area contributed by atoms with Crippen molar-refractivity contribution in [1.82, 2.24) is 19.9 Å². The number of aryl methyl sites for hydroxylation is 1. The van der Waals surface area contributed by atoms with Gasteiger partial charge >= 0.3 is 5.97 Å². The quantitative estimate of drug-likeness (QED) is 0.537. The molecule has 1 aliphatic carbocycles. The topological polar surface area (TPSA) is 137 Å². The van der Waals surface area contributed by atoms with Gasteiger partial charge in [0, 0.05) is 18.8 Å². The Morgan fingerprint density at radius 2 is 2.10 bits per heavy atom. The number of rotatable bonds is 7. The van der Waals surface area contributed by atoms with Crippen molar-refractivity contribution >= 4 is 23.6 Å². The zero-order valence-electron chi connectivity index (χ0n) is 17.1. The van der Waals surface area contributed by atoms with Gasteiger partial charge in [0.05, 0.1) is 12.6 Å². The van der Waals surface area contributed by atoms with Gasteiger partial charge in [-0.05, 0) is 43.4 Å². The van der Waals surface area contributed by atoms with E-state index < -0.39 is 17.5 Å². The summed E-state index contributed by atoms with van der Waals surface area (Å²) in [5.74, 6) is 0.397. The number of aliphatic hydroxyl groups excluding tert-OH is 1. The molecular formula is C21H28N6O3. The van der Waals surface area contributed by atoms with Crippen LogP contribution >= 0.6 is 0 Å². The molecule has 30 heavy (non-hydrogen) atoms. The molecule has 0 amide bonds. The molecule has 2 aromatic rings. The van der Waals surface area contributed by atoms with Crippen LogP contribution in [0.25, 0.3) is 0 Å². The molecule has 4 rings (SSSR count). The highest BCUT2D eigenvalue weighted by molar-refractivity contribution is 5.76. The summed E-state index contributed by atoms with van der Waals surface area (Å²) in [6, 6.07) is 7.83. The van der Waals surface area contributed by atoms with E-state index in [1.54, 1.807) is 0 Å². The maximum Gasteiger partial charge on any atom is 0.313 e. The maximum absolute atomic E-state index is 12.1. The summed E-state index contributed by atoms with van der Waals surface area (Å²) in [5.41, 5.74) is 6.71. The van der Waals surface area contributed by atoms with Crippen molar-refractivity contribution in [3.63, 3.8) is 0 Å². The van der Waals surface area contributed by atoms with Gasteiger partial charge in [0.15, 0.2) is 0 Å². The highest BCUT2D eigenvalue weighted by Crippen LogP contribution is 2.45. The van der Waals surface area contributed by atoms with Gasteiger partial charge in [0.1, 0.15) is 11.2 Å². The van der Waals surface area contributed by atoms with Crippen molar-refractivity contribution in [1.29, 1.82) is 0 Å². The van der Waals surface area contributed by atoms with Crippen LogP contribution in [-0.4, -0.2) is 55.2 Å². The zero-order chi connectivity index (χ0) is 21.3. The monoisotopic (exact) mass is 412 g/mol. The number of benzene rings is 1. The summed E-state index contributed by atoms with van der Waals surface area (Å²) in [4.78, 5) is 27.0. The summed E-state index contributed by atoms with van der Waals surface area (Å²) in [6.07, 6.45) is 2.17. The molecule has 1 aromatic heterocycles. The first-order valence-electron chi connectivity index (χ1n) is 10.3. The molecule has 5 N–H and O–H groups in total. The molecular weight excluding hydrogens is 384 g/mol. The van der Waals surface area contributed by atoms with Crippen LogP contribution in [-0.2, 0) is 11.3 Å². The number of aliphatic carboxylic acids is 1. The number of carboxylic acids is 1. The van der Waals surface area contributed by atoms with Crippen LogP contribution in [0.3, 0.4) is 0 Å². The molecule has 9 nitrogen and oxygen atoms in total. The number of hydrogen-bond acceptors (Lipinski definition) is 8. The van der Waals surface area contributed by atoms with E-state index in [4.69, 9.17) is 5.73 Å². The number of nitrogen functional groups attached to an aromatic ring is 1. The van der Waals surface area contributed by atoms with E-state index in [-0.39, 0.29) is 12.5 Å². The number of nitrogens with zero attached hydrogens (tertiary/aromatic N) is 4.